The number of hydrogen-bond donors (Lipinski definition) is 2. The topological polar surface area (TPSA) is 61.4 Å². The Hall–Kier alpha value is -1.88. The SMILES string of the molecule is CNC(=O)c1ccc(CN(C)CC(=O)N[C@H]2CCC[C@H](C)[C@H]2C)cc1. The highest BCUT2D eigenvalue weighted by molar-refractivity contribution is 5.93. The quantitative estimate of drug-likeness (QED) is 0.832. The molecule has 0 saturated heterocycles. The predicted octanol–water partition coefficient (Wildman–Crippen LogP) is 2.42. The van der Waals surface area contributed by atoms with Crippen molar-refractivity contribution in [1.82, 2.24) is 15.5 Å². The number of amides is 2. The van der Waals surface area contributed by atoms with Gasteiger partial charge in [0.15, 0.2) is 0 Å². The van der Waals surface area contributed by atoms with Gasteiger partial charge in [-0.1, -0.05) is 38.8 Å². The van der Waals surface area contributed by atoms with Gasteiger partial charge in [0.05, 0.1) is 6.54 Å². The van der Waals surface area contributed by atoms with Gasteiger partial charge in [-0.15, -0.1) is 0 Å². The van der Waals surface area contributed by atoms with E-state index in [0.717, 1.165) is 12.0 Å². The Morgan fingerprint density at radius 2 is 1.84 bits per heavy atom. The third-order valence-electron chi connectivity index (χ3n) is 5.36. The first-order valence-corrected chi connectivity index (χ1v) is 9.19. The summed E-state index contributed by atoms with van der Waals surface area (Å²) in [5.74, 6) is 1.22. The molecule has 2 rings (SSSR count). The summed E-state index contributed by atoms with van der Waals surface area (Å²) in [7, 11) is 3.57. The van der Waals surface area contributed by atoms with Crippen LogP contribution in [0.15, 0.2) is 24.3 Å². The van der Waals surface area contributed by atoms with Crippen LogP contribution in [0.3, 0.4) is 0 Å². The molecule has 0 aliphatic heterocycles. The predicted molar refractivity (Wildman–Crippen MR) is 100 cm³/mol. The van der Waals surface area contributed by atoms with Crippen molar-refractivity contribution < 1.29 is 9.59 Å². The second kappa shape index (κ2) is 8.99. The van der Waals surface area contributed by atoms with Crippen LogP contribution in [0.5, 0.6) is 0 Å². The largest absolute Gasteiger partial charge is 0.355 e. The van der Waals surface area contributed by atoms with Crippen LogP contribution in [0, 0.1) is 11.8 Å². The molecular formula is C20H31N3O2. The van der Waals surface area contributed by atoms with Gasteiger partial charge in [-0.3, -0.25) is 14.5 Å². The van der Waals surface area contributed by atoms with E-state index in [2.05, 4.69) is 24.5 Å². The van der Waals surface area contributed by atoms with E-state index in [1.807, 2.05) is 36.2 Å². The fourth-order valence-electron chi connectivity index (χ4n) is 3.56. The molecule has 2 N–H and O–H groups in total. The third kappa shape index (κ3) is 5.56. The van der Waals surface area contributed by atoms with Crippen molar-refractivity contribution in [2.24, 2.45) is 11.8 Å². The van der Waals surface area contributed by atoms with Crippen LogP contribution in [-0.4, -0.2) is 43.4 Å². The Kier molecular flexibility index (Phi) is 7.00. The molecule has 1 aromatic rings. The van der Waals surface area contributed by atoms with E-state index in [-0.39, 0.29) is 11.8 Å². The number of nitrogens with zero attached hydrogens (tertiary/aromatic N) is 1. The average Bonchev–Trinajstić information content (AvgIpc) is 2.58. The first-order chi connectivity index (χ1) is 11.9. The molecule has 0 bridgehead atoms. The standard InChI is InChI=1S/C20H31N3O2/c1-14-6-5-7-18(15(14)2)22-19(24)13-23(4)12-16-8-10-17(11-9-16)20(25)21-3/h8-11,14-15,18H,5-7,12-13H2,1-4H3,(H,21,25)(H,22,24)/t14-,15+,18-/m0/s1. The second-order valence-corrected chi connectivity index (χ2v) is 7.39. The Balaban J connectivity index is 1.82. The molecule has 1 aliphatic carbocycles. The van der Waals surface area contributed by atoms with Gasteiger partial charge in [-0.2, -0.15) is 0 Å². The van der Waals surface area contributed by atoms with Gasteiger partial charge in [-0.25, -0.2) is 0 Å². The summed E-state index contributed by atoms with van der Waals surface area (Å²) >= 11 is 0. The number of hydrogen-bond acceptors (Lipinski definition) is 3. The monoisotopic (exact) mass is 345 g/mol. The number of carbonyl (C=O) groups is 2. The molecule has 1 fully saturated rings. The first kappa shape index (κ1) is 19.4. The Labute approximate surface area is 151 Å². The zero-order valence-corrected chi connectivity index (χ0v) is 15.8. The van der Waals surface area contributed by atoms with E-state index in [1.165, 1.54) is 12.8 Å². The van der Waals surface area contributed by atoms with Crippen molar-refractivity contribution in [3.63, 3.8) is 0 Å². The third-order valence-corrected chi connectivity index (χ3v) is 5.36. The first-order valence-electron chi connectivity index (χ1n) is 9.19. The van der Waals surface area contributed by atoms with Gasteiger partial charge in [0.25, 0.3) is 5.91 Å². The molecule has 3 atom stereocenters. The molecule has 0 heterocycles. The van der Waals surface area contributed by atoms with Crippen LogP contribution < -0.4 is 10.6 Å². The van der Waals surface area contributed by atoms with E-state index in [1.54, 1.807) is 7.05 Å². The van der Waals surface area contributed by atoms with Crippen molar-refractivity contribution in [2.75, 3.05) is 20.6 Å². The zero-order chi connectivity index (χ0) is 18.4. The van der Waals surface area contributed by atoms with E-state index in [4.69, 9.17) is 0 Å². The highest BCUT2D eigenvalue weighted by atomic mass is 16.2. The minimum Gasteiger partial charge on any atom is -0.355 e. The van der Waals surface area contributed by atoms with Gasteiger partial charge >= 0.3 is 0 Å². The number of carbonyl (C=O) groups excluding carboxylic acids is 2. The van der Waals surface area contributed by atoms with Gasteiger partial charge in [0.2, 0.25) is 5.91 Å². The van der Waals surface area contributed by atoms with Crippen molar-refractivity contribution in [3.8, 4) is 0 Å². The van der Waals surface area contributed by atoms with Crippen molar-refractivity contribution in [1.29, 1.82) is 0 Å². The highest BCUT2D eigenvalue weighted by Gasteiger charge is 2.28. The number of likely N-dealkylation sites (N-methyl/N-ethyl adjacent to an activating group) is 1. The normalized spacial score (nSPS) is 23.3. The maximum Gasteiger partial charge on any atom is 0.251 e. The molecule has 25 heavy (non-hydrogen) atoms. The Morgan fingerprint density at radius 1 is 1.16 bits per heavy atom. The molecule has 5 heteroatoms. The molecule has 0 spiro atoms. The molecule has 1 saturated carbocycles. The van der Waals surface area contributed by atoms with Gasteiger partial charge < -0.3 is 10.6 Å². The summed E-state index contributed by atoms with van der Waals surface area (Å²) in [6.07, 6.45) is 3.55. The summed E-state index contributed by atoms with van der Waals surface area (Å²) < 4.78 is 0. The molecule has 5 nitrogen and oxygen atoms in total. The van der Waals surface area contributed by atoms with Crippen LogP contribution in [0.1, 0.15) is 49.0 Å². The zero-order valence-electron chi connectivity index (χ0n) is 15.8. The minimum absolute atomic E-state index is 0.0879. The maximum absolute atomic E-state index is 12.3. The average molecular weight is 345 g/mol. The number of benzene rings is 1. The molecule has 138 valence electrons. The molecule has 0 unspecified atom stereocenters. The van der Waals surface area contributed by atoms with Gasteiger partial charge in [0, 0.05) is 25.2 Å². The highest BCUT2D eigenvalue weighted by Crippen LogP contribution is 2.29. The van der Waals surface area contributed by atoms with Crippen LogP contribution in [0.2, 0.25) is 0 Å². The summed E-state index contributed by atoms with van der Waals surface area (Å²) in [6.45, 7) is 5.58. The van der Waals surface area contributed by atoms with E-state index in [0.29, 0.717) is 36.5 Å². The smallest absolute Gasteiger partial charge is 0.251 e. The summed E-state index contributed by atoms with van der Waals surface area (Å²) in [5.41, 5.74) is 1.73. The van der Waals surface area contributed by atoms with Gasteiger partial charge in [0.1, 0.15) is 0 Å². The van der Waals surface area contributed by atoms with Crippen molar-refractivity contribution in [3.05, 3.63) is 35.4 Å². The number of rotatable bonds is 6. The minimum atomic E-state index is -0.0879. The summed E-state index contributed by atoms with van der Waals surface area (Å²) in [4.78, 5) is 25.9. The fraction of sp³-hybridized carbons (Fsp3) is 0.600. The lowest BCUT2D eigenvalue weighted by Crippen LogP contribution is -2.46. The second-order valence-electron chi connectivity index (χ2n) is 7.39. The van der Waals surface area contributed by atoms with E-state index < -0.39 is 0 Å². The van der Waals surface area contributed by atoms with E-state index >= 15 is 0 Å². The Morgan fingerprint density at radius 3 is 2.48 bits per heavy atom. The van der Waals surface area contributed by atoms with Crippen molar-refractivity contribution in [2.45, 2.75) is 45.7 Å². The number of nitrogens with one attached hydrogen (secondary N) is 2. The fourth-order valence-corrected chi connectivity index (χ4v) is 3.56. The molecule has 1 aromatic carbocycles. The van der Waals surface area contributed by atoms with E-state index in [9.17, 15) is 9.59 Å². The van der Waals surface area contributed by atoms with Gasteiger partial charge in [-0.05, 0) is 43.0 Å². The van der Waals surface area contributed by atoms with Crippen LogP contribution in [0.4, 0.5) is 0 Å². The molecule has 0 aromatic heterocycles. The molecule has 2 amide bonds. The lowest BCUT2D eigenvalue weighted by atomic mass is 9.78. The molecular weight excluding hydrogens is 314 g/mol. The van der Waals surface area contributed by atoms with Crippen molar-refractivity contribution >= 4 is 11.8 Å². The summed E-state index contributed by atoms with van der Waals surface area (Å²) in [6, 6.07) is 7.80. The molecule has 0 radical (unpaired) electrons. The molecule has 1 aliphatic rings. The lowest BCUT2D eigenvalue weighted by molar-refractivity contribution is -0.123. The maximum atomic E-state index is 12.3. The van der Waals surface area contributed by atoms with Crippen LogP contribution in [0.25, 0.3) is 0 Å². The Bertz CT molecular complexity index is 585. The lowest BCUT2D eigenvalue weighted by Gasteiger charge is -2.35. The summed E-state index contributed by atoms with van der Waals surface area (Å²) in [5, 5.41) is 5.82. The van der Waals surface area contributed by atoms with Crippen LogP contribution >= 0.6 is 0 Å². The van der Waals surface area contributed by atoms with Crippen LogP contribution in [-0.2, 0) is 11.3 Å².